The van der Waals surface area contributed by atoms with E-state index in [1.54, 1.807) is 0 Å². The summed E-state index contributed by atoms with van der Waals surface area (Å²) in [6.45, 7) is 19.7. The van der Waals surface area contributed by atoms with Gasteiger partial charge in [0.25, 0.3) is 0 Å². The van der Waals surface area contributed by atoms with E-state index in [0.717, 1.165) is 22.5 Å². The minimum Gasteiger partial charge on any atom is -0.510 e. The van der Waals surface area contributed by atoms with Crippen molar-refractivity contribution in [3.05, 3.63) is 120 Å². The second kappa shape index (κ2) is 11.8. The Hall–Kier alpha value is -3.30. The molecule has 6 heteroatoms. The summed E-state index contributed by atoms with van der Waals surface area (Å²) < 4.78 is 8.46. The van der Waals surface area contributed by atoms with Gasteiger partial charge >= 0.3 is 0 Å². The van der Waals surface area contributed by atoms with E-state index in [1.807, 2.05) is 48.0 Å². The van der Waals surface area contributed by atoms with Gasteiger partial charge in [-0.2, -0.15) is 11.8 Å². The Labute approximate surface area is 266 Å². The van der Waals surface area contributed by atoms with Crippen molar-refractivity contribution >= 4 is 5.69 Å². The van der Waals surface area contributed by atoms with Crippen LogP contribution in [0, 0.1) is 18.8 Å². The summed E-state index contributed by atoms with van der Waals surface area (Å²) in [5.41, 5.74) is 6.13. The number of rotatable bonds is 6. The Morgan fingerprint density at radius 3 is 1.83 bits per heavy atom. The average Bonchev–Trinajstić information content (AvgIpc) is 3.58. The topological polar surface area (TPSA) is 33.5 Å². The first-order valence-electron chi connectivity index (χ1n) is 14.2. The number of ether oxygens (including phenoxy) is 1. The summed E-state index contributed by atoms with van der Waals surface area (Å²) in [6.07, 6.45) is 8.10. The van der Waals surface area contributed by atoms with E-state index in [0.29, 0.717) is 11.5 Å². The zero-order chi connectivity index (χ0) is 29.6. The van der Waals surface area contributed by atoms with Crippen molar-refractivity contribution in [3.8, 4) is 17.2 Å². The van der Waals surface area contributed by atoms with Gasteiger partial charge in [0.1, 0.15) is 0 Å². The minimum atomic E-state index is -0.186. The maximum atomic E-state index is 6.55. The van der Waals surface area contributed by atoms with Crippen LogP contribution in [0.15, 0.2) is 79.4 Å². The molecule has 1 aliphatic rings. The van der Waals surface area contributed by atoms with Crippen molar-refractivity contribution in [3.63, 3.8) is 0 Å². The van der Waals surface area contributed by atoms with Crippen LogP contribution < -0.4 is 9.64 Å². The van der Waals surface area contributed by atoms with E-state index in [1.165, 1.54) is 11.1 Å². The third-order valence-corrected chi connectivity index (χ3v) is 7.71. The molecule has 0 N–H and O–H groups in total. The summed E-state index contributed by atoms with van der Waals surface area (Å²) in [4.78, 5) is 4.07. The van der Waals surface area contributed by atoms with Crippen LogP contribution in [0.5, 0.6) is 11.5 Å². The van der Waals surface area contributed by atoms with Crippen molar-refractivity contribution in [2.45, 2.75) is 71.6 Å². The molecule has 3 aromatic carbocycles. The van der Waals surface area contributed by atoms with E-state index in [9.17, 15) is 0 Å². The second-order valence-corrected chi connectivity index (χ2v) is 13.5. The Kier molecular flexibility index (Phi) is 8.86. The summed E-state index contributed by atoms with van der Waals surface area (Å²) in [6, 6.07) is 26.0. The van der Waals surface area contributed by atoms with Gasteiger partial charge in [0.05, 0.1) is 6.20 Å². The van der Waals surface area contributed by atoms with Crippen molar-refractivity contribution < 1.29 is 25.8 Å². The van der Waals surface area contributed by atoms with Crippen molar-refractivity contribution in [2.24, 2.45) is 0 Å². The quantitative estimate of drug-likeness (QED) is 0.186. The molecule has 0 fully saturated rings. The maximum Gasteiger partial charge on any atom is 0.0534 e. The summed E-state index contributed by atoms with van der Waals surface area (Å²) in [7, 11) is 2.01. The fourth-order valence-corrected chi connectivity index (χ4v) is 4.81. The van der Waals surface area contributed by atoms with Gasteiger partial charge in [-0.15, -0.1) is 53.2 Å². The monoisotopic (exact) mass is 740 g/mol. The van der Waals surface area contributed by atoms with E-state index >= 15 is 0 Å². The van der Waals surface area contributed by atoms with Crippen LogP contribution in [0.4, 0.5) is 5.69 Å². The molecule has 0 unspecified atom stereocenters. The van der Waals surface area contributed by atoms with Gasteiger partial charge in [0.2, 0.25) is 0 Å². The number of hydrogen-bond acceptors (Lipinski definition) is 4. The fourth-order valence-electron chi connectivity index (χ4n) is 4.81. The van der Waals surface area contributed by atoms with Gasteiger partial charge in [-0.25, -0.2) is 0 Å². The number of nitrogens with zero attached hydrogens (tertiary/aromatic N) is 4. The predicted molar refractivity (Wildman–Crippen MR) is 167 cm³/mol. The zero-order valence-corrected chi connectivity index (χ0v) is 28.4. The van der Waals surface area contributed by atoms with E-state index < -0.39 is 0 Å². The first-order chi connectivity index (χ1) is 19.2. The number of benzene rings is 3. The molecule has 0 aliphatic carbocycles. The molecular weight excluding hydrogens is 700 g/mol. The van der Waals surface area contributed by atoms with Crippen LogP contribution >= 0.6 is 0 Å². The SMILES string of the molecule is CN1C=CN(c2[c-]c(Oc3[c-]c(-n4cc(C(C)(C)c5ccccc5)cn4)cc(C(C)(C)C)c3)cc(C(C)(C)C)c2)[CH-]1.[Pt]. The first kappa shape index (κ1) is 31.6. The smallest absolute Gasteiger partial charge is 0.0534 e. The van der Waals surface area contributed by atoms with Crippen LogP contribution in [0.3, 0.4) is 0 Å². The van der Waals surface area contributed by atoms with Crippen LogP contribution in [-0.4, -0.2) is 21.7 Å². The molecule has 0 spiro atoms. The van der Waals surface area contributed by atoms with Gasteiger partial charge in [0, 0.05) is 49.7 Å². The largest absolute Gasteiger partial charge is 0.510 e. The van der Waals surface area contributed by atoms with Gasteiger partial charge in [-0.05, 0) is 41.5 Å². The molecule has 0 saturated heterocycles. The molecule has 0 saturated carbocycles. The number of aromatic nitrogens is 2. The molecule has 0 amide bonds. The Balaban J connectivity index is 0.00000405. The van der Waals surface area contributed by atoms with Crippen LogP contribution in [0.2, 0.25) is 0 Å². The predicted octanol–water partition coefficient (Wildman–Crippen LogP) is 8.53. The van der Waals surface area contributed by atoms with Gasteiger partial charge in [-0.1, -0.05) is 85.7 Å². The third-order valence-electron chi connectivity index (χ3n) is 7.71. The summed E-state index contributed by atoms with van der Waals surface area (Å²) in [5, 5.41) is 4.77. The second-order valence-electron chi connectivity index (χ2n) is 13.5. The van der Waals surface area contributed by atoms with Crippen molar-refractivity contribution in [1.29, 1.82) is 0 Å². The minimum absolute atomic E-state index is 0. The standard InChI is InChI=1S/C36H41N4O.Pt/c1-34(2,3)27-17-30(39-16-15-38(9)25-39)21-32(19-27)41-33-20-28(35(4,5)6)18-31(22-33)40-24-29(23-37-40)36(7,8)26-13-11-10-12-14-26;/h10-20,23-25H,1-9H3;/q-3;. The molecule has 1 aromatic heterocycles. The molecule has 0 atom stereocenters. The average molecular weight is 741 g/mol. The molecule has 0 radical (unpaired) electrons. The molecule has 4 aromatic rings. The fraction of sp³-hybridized carbons (Fsp3) is 0.333. The van der Waals surface area contributed by atoms with E-state index in [-0.39, 0.29) is 37.3 Å². The molecule has 42 heavy (non-hydrogen) atoms. The van der Waals surface area contributed by atoms with E-state index in [4.69, 9.17) is 9.84 Å². The Bertz CT molecular complexity index is 1560. The van der Waals surface area contributed by atoms with E-state index in [2.05, 4.69) is 127 Å². The Morgan fingerprint density at radius 2 is 1.29 bits per heavy atom. The summed E-state index contributed by atoms with van der Waals surface area (Å²) >= 11 is 0. The molecule has 5 nitrogen and oxygen atoms in total. The number of anilines is 1. The maximum absolute atomic E-state index is 6.55. The first-order valence-corrected chi connectivity index (χ1v) is 14.2. The molecule has 0 bridgehead atoms. The normalized spacial score (nSPS) is 13.8. The van der Waals surface area contributed by atoms with Crippen LogP contribution in [0.1, 0.15) is 77.6 Å². The Morgan fingerprint density at radius 1 is 0.714 bits per heavy atom. The third kappa shape index (κ3) is 6.84. The van der Waals surface area contributed by atoms with Crippen LogP contribution in [-0.2, 0) is 37.3 Å². The molecule has 5 rings (SSSR count). The molecule has 1 aliphatic heterocycles. The number of hydrogen-bond donors (Lipinski definition) is 0. The van der Waals surface area contributed by atoms with Crippen molar-refractivity contribution in [2.75, 3.05) is 11.9 Å². The van der Waals surface area contributed by atoms with Gasteiger partial charge in [-0.3, -0.25) is 4.68 Å². The molecule has 224 valence electrons. The summed E-state index contributed by atoms with van der Waals surface area (Å²) in [5.74, 6) is 1.29. The van der Waals surface area contributed by atoms with Gasteiger partial charge in [0.15, 0.2) is 0 Å². The molecular formula is C36H41N4OPt-3. The van der Waals surface area contributed by atoms with Crippen molar-refractivity contribution in [1.82, 2.24) is 14.7 Å². The van der Waals surface area contributed by atoms with Crippen LogP contribution in [0.25, 0.3) is 5.69 Å². The zero-order valence-electron chi connectivity index (χ0n) is 26.1. The molecule has 2 heterocycles. The van der Waals surface area contributed by atoms with Gasteiger partial charge < -0.3 is 14.5 Å².